The van der Waals surface area contributed by atoms with E-state index in [4.69, 9.17) is 0 Å². The molecular formula is C3H5KN4O6. The van der Waals surface area contributed by atoms with Gasteiger partial charge in [0.25, 0.3) is 0 Å². The van der Waals surface area contributed by atoms with Gasteiger partial charge in [0.1, 0.15) is 9.85 Å². The summed E-state index contributed by atoms with van der Waals surface area (Å²) in [6.45, 7) is 0. The maximum absolute atomic E-state index is 10.5. The second kappa shape index (κ2) is 6.77. The van der Waals surface area contributed by atoms with Crippen LogP contribution in [0.1, 0.15) is 0 Å². The van der Waals surface area contributed by atoms with Crippen molar-refractivity contribution in [1.29, 1.82) is 0 Å². The monoisotopic (exact) mass is 232 g/mol. The number of hydrogen-bond acceptors (Lipinski definition) is 6. The van der Waals surface area contributed by atoms with E-state index in [-0.39, 0.29) is 51.4 Å². The van der Waals surface area contributed by atoms with Gasteiger partial charge in [-0.2, -0.15) is 0 Å². The Kier molecular flexibility index (Phi) is 7.66. The van der Waals surface area contributed by atoms with E-state index in [9.17, 15) is 29.8 Å². The van der Waals surface area contributed by atoms with E-state index in [2.05, 4.69) is 5.73 Å². The number of carbonyl (C=O) groups is 2. The number of primary amides is 1. The van der Waals surface area contributed by atoms with Crippen LogP contribution < -0.4 is 11.1 Å². The Bertz CT molecular complexity index is 264. The quantitative estimate of drug-likeness (QED) is 0.235. The Balaban J connectivity index is 0. The van der Waals surface area contributed by atoms with Crippen molar-refractivity contribution in [3.8, 4) is 0 Å². The number of carbonyl (C=O) groups excluding carboxylic acids is 2. The van der Waals surface area contributed by atoms with Crippen LogP contribution in [0.4, 0.5) is 4.79 Å². The van der Waals surface area contributed by atoms with Gasteiger partial charge in [-0.05, 0) is 0 Å². The zero-order valence-corrected chi connectivity index (χ0v) is 6.00. The Hall–Kier alpha value is -0.624. The van der Waals surface area contributed by atoms with Crippen LogP contribution in [-0.4, -0.2) is 79.3 Å². The number of nitrogens with one attached hydrogen (secondary N) is 1. The molecule has 0 unspecified atom stereocenters. The molecule has 14 heavy (non-hydrogen) atoms. The SMILES string of the molecule is NC(=O)NC(=O)C([N+](=O)[O-])[N+](=O)[O-].[KH]. The number of nitrogens with two attached hydrogens (primary N) is 1. The van der Waals surface area contributed by atoms with Gasteiger partial charge >= 0.3 is 69.5 Å². The third-order valence-corrected chi connectivity index (χ3v) is 0.880. The number of nitrogens with zero attached hydrogens (tertiary/aromatic N) is 2. The van der Waals surface area contributed by atoms with Crippen molar-refractivity contribution >= 4 is 63.3 Å². The topological polar surface area (TPSA) is 158 Å². The predicted octanol–water partition coefficient (Wildman–Crippen LogP) is -2.59. The van der Waals surface area contributed by atoms with Crippen LogP contribution in [0.15, 0.2) is 0 Å². The van der Waals surface area contributed by atoms with Crippen LogP contribution in [0.25, 0.3) is 0 Å². The molecule has 11 heteroatoms. The number of imide groups is 1. The summed E-state index contributed by atoms with van der Waals surface area (Å²) in [6, 6.07) is -1.39. The first-order valence-electron chi connectivity index (χ1n) is 2.73. The first-order chi connectivity index (χ1) is 5.86. The van der Waals surface area contributed by atoms with Crippen LogP contribution >= 0.6 is 0 Å². The molecule has 0 aliphatic carbocycles. The summed E-state index contributed by atoms with van der Waals surface area (Å²) >= 11 is 0. The molecule has 0 aromatic rings. The maximum atomic E-state index is 10.5. The van der Waals surface area contributed by atoms with Gasteiger partial charge in [0.05, 0.1) is 0 Å². The van der Waals surface area contributed by atoms with E-state index in [1.807, 2.05) is 0 Å². The Morgan fingerprint density at radius 3 is 1.79 bits per heavy atom. The van der Waals surface area contributed by atoms with Gasteiger partial charge in [0.15, 0.2) is 0 Å². The fourth-order valence-corrected chi connectivity index (χ4v) is 0.454. The summed E-state index contributed by atoms with van der Waals surface area (Å²) in [5, 5.41) is 21.1. The average molecular weight is 232 g/mol. The van der Waals surface area contributed by atoms with Gasteiger partial charge in [-0.1, -0.05) is 0 Å². The third kappa shape index (κ3) is 5.18. The molecule has 0 aliphatic heterocycles. The summed E-state index contributed by atoms with van der Waals surface area (Å²) in [7, 11) is 0. The number of rotatable bonds is 3. The first kappa shape index (κ1) is 15.8. The van der Waals surface area contributed by atoms with Gasteiger partial charge in [0, 0.05) is 0 Å². The van der Waals surface area contributed by atoms with Gasteiger partial charge in [0.2, 0.25) is 0 Å². The van der Waals surface area contributed by atoms with Crippen LogP contribution in [0, 0.1) is 20.2 Å². The fourth-order valence-electron chi connectivity index (χ4n) is 0.454. The zero-order chi connectivity index (χ0) is 10.6. The minimum atomic E-state index is -2.72. The van der Waals surface area contributed by atoms with Crippen molar-refractivity contribution in [2.45, 2.75) is 6.17 Å². The summed E-state index contributed by atoms with van der Waals surface area (Å²) in [4.78, 5) is 37.5. The predicted molar refractivity (Wildman–Crippen MR) is 42.7 cm³/mol. The summed E-state index contributed by atoms with van der Waals surface area (Å²) < 4.78 is 0. The third-order valence-electron chi connectivity index (χ3n) is 0.880. The molecule has 0 aromatic heterocycles. The van der Waals surface area contributed by atoms with Gasteiger partial charge in [-0.3, -0.25) is 30.3 Å². The van der Waals surface area contributed by atoms with Crippen molar-refractivity contribution < 1.29 is 19.4 Å². The van der Waals surface area contributed by atoms with Crippen LogP contribution in [0.3, 0.4) is 0 Å². The van der Waals surface area contributed by atoms with E-state index >= 15 is 0 Å². The molecular weight excluding hydrogens is 227 g/mol. The number of nitro groups is 2. The van der Waals surface area contributed by atoms with Crippen LogP contribution in [0.2, 0.25) is 0 Å². The summed E-state index contributed by atoms with van der Waals surface area (Å²) in [5.74, 6) is -1.68. The molecule has 10 nitrogen and oxygen atoms in total. The number of urea groups is 1. The molecule has 0 heterocycles. The molecule has 0 rings (SSSR count). The normalized spacial score (nSPS) is 8.64. The molecule has 3 amide bonds. The van der Waals surface area contributed by atoms with Crippen molar-refractivity contribution in [1.82, 2.24) is 5.32 Å². The van der Waals surface area contributed by atoms with Crippen LogP contribution in [0.5, 0.6) is 0 Å². The molecule has 74 valence electrons. The Labute approximate surface area is 119 Å². The average Bonchev–Trinajstić information content (AvgIpc) is 1.81. The van der Waals surface area contributed by atoms with Gasteiger partial charge < -0.3 is 5.73 Å². The molecule has 0 saturated carbocycles. The minimum absolute atomic E-state index is 0. The zero-order valence-electron chi connectivity index (χ0n) is 6.00. The molecule has 0 aliphatic rings. The Morgan fingerprint density at radius 1 is 1.21 bits per heavy atom. The molecule has 0 spiro atoms. The van der Waals surface area contributed by atoms with Crippen LogP contribution in [-0.2, 0) is 4.79 Å². The summed E-state index contributed by atoms with van der Waals surface area (Å²) in [5.41, 5.74) is 4.42. The second-order valence-corrected chi connectivity index (χ2v) is 1.80. The molecule has 0 saturated heterocycles. The fraction of sp³-hybridized carbons (Fsp3) is 0.333. The summed E-state index contributed by atoms with van der Waals surface area (Å²) in [6.07, 6.45) is -2.72. The van der Waals surface area contributed by atoms with Crippen molar-refractivity contribution in [3.05, 3.63) is 20.2 Å². The van der Waals surface area contributed by atoms with Crippen molar-refractivity contribution in [2.24, 2.45) is 5.73 Å². The van der Waals surface area contributed by atoms with E-state index in [0.29, 0.717) is 0 Å². The van der Waals surface area contributed by atoms with E-state index in [0.717, 1.165) is 0 Å². The molecule has 0 aromatic carbocycles. The first-order valence-corrected chi connectivity index (χ1v) is 2.73. The van der Waals surface area contributed by atoms with Crippen molar-refractivity contribution in [3.63, 3.8) is 0 Å². The second-order valence-electron chi connectivity index (χ2n) is 1.80. The van der Waals surface area contributed by atoms with Gasteiger partial charge in [-0.15, -0.1) is 0 Å². The van der Waals surface area contributed by atoms with Crippen molar-refractivity contribution in [2.75, 3.05) is 0 Å². The van der Waals surface area contributed by atoms with E-state index in [1.165, 1.54) is 5.32 Å². The van der Waals surface area contributed by atoms with Gasteiger partial charge in [-0.25, -0.2) is 4.79 Å². The molecule has 3 N–H and O–H groups in total. The standard InChI is InChI=1S/C3H4N4O6.K.H/c4-3(9)5-1(8)2(6(10)11)7(12)13;;/h2H,(H3,4,5,8,9);;. The number of amides is 3. The Morgan fingerprint density at radius 2 is 1.57 bits per heavy atom. The van der Waals surface area contributed by atoms with E-state index in [1.54, 1.807) is 0 Å². The molecule has 0 atom stereocenters. The number of hydrogen-bond donors (Lipinski definition) is 2. The molecule has 0 fully saturated rings. The van der Waals surface area contributed by atoms with E-state index < -0.39 is 28.0 Å². The molecule has 0 bridgehead atoms. The molecule has 0 radical (unpaired) electrons.